The number of aromatic nitrogens is 1. The van der Waals surface area contributed by atoms with Crippen LogP contribution in [-0.2, 0) is 9.59 Å². The molecule has 1 atom stereocenters. The van der Waals surface area contributed by atoms with Crippen molar-refractivity contribution in [2.75, 3.05) is 57.6 Å². The van der Waals surface area contributed by atoms with Crippen LogP contribution in [0.3, 0.4) is 0 Å². The first kappa shape index (κ1) is 21.1. The van der Waals surface area contributed by atoms with Gasteiger partial charge in [-0.3, -0.25) is 14.5 Å². The van der Waals surface area contributed by atoms with Crippen molar-refractivity contribution in [1.29, 1.82) is 0 Å². The number of aryl methyl sites for hydroxylation is 1. The van der Waals surface area contributed by atoms with Crippen molar-refractivity contribution >= 4 is 34.0 Å². The predicted molar refractivity (Wildman–Crippen MR) is 115 cm³/mol. The standard InChI is InChI=1S/C20H27N5O3S/c1-14-11-21-20(29-14)22-18(26)13-25-10-9-24(12-17(25)19(27)23(2)3)15-5-7-16(28-4)8-6-15/h5-8,11,17H,9-10,12-13H2,1-4H3,(H,21,22,26). The van der Waals surface area contributed by atoms with Crippen molar-refractivity contribution in [3.8, 4) is 5.75 Å². The largest absolute Gasteiger partial charge is 0.497 e. The van der Waals surface area contributed by atoms with Crippen molar-refractivity contribution in [3.63, 3.8) is 0 Å². The van der Waals surface area contributed by atoms with E-state index in [4.69, 9.17) is 4.74 Å². The van der Waals surface area contributed by atoms with Gasteiger partial charge in [-0.15, -0.1) is 11.3 Å². The fraction of sp³-hybridized carbons (Fsp3) is 0.450. The van der Waals surface area contributed by atoms with Gasteiger partial charge in [0.05, 0.1) is 13.7 Å². The minimum Gasteiger partial charge on any atom is -0.497 e. The smallest absolute Gasteiger partial charge is 0.241 e. The highest BCUT2D eigenvalue weighted by Gasteiger charge is 2.34. The lowest BCUT2D eigenvalue weighted by molar-refractivity contribution is -0.135. The van der Waals surface area contributed by atoms with Gasteiger partial charge in [0.2, 0.25) is 11.8 Å². The van der Waals surface area contributed by atoms with Crippen LogP contribution in [0.2, 0.25) is 0 Å². The first-order valence-corrected chi connectivity index (χ1v) is 10.3. The molecule has 0 radical (unpaired) electrons. The van der Waals surface area contributed by atoms with Crippen molar-refractivity contribution in [2.24, 2.45) is 0 Å². The van der Waals surface area contributed by atoms with Gasteiger partial charge in [-0.2, -0.15) is 0 Å². The molecule has 0 aliphatic carbocycles. The number of rotatable bonds is 6. The zero-order valence-electron chi connectivity index (χ0n) is 17.2. The number of hydrogen-bond acceptors (Lipinski definition) is 7. The summed E-state index contributed by atoms with van der Waals surface area (Å²) in [5.74, 6) is 0.623. The molecule has 2 amide bonds. The van der Waals surface area contributed by atoms with Gasteiger partial charge in [-0.05, 0) is 31.2 Å². The number of methoxy groups -OCH3 is 1. The molecular formula is C20H27N5O3S. The maximum absolute atomic E-state index is 12.8. The number of likely N-dealkylation sites (N-methyl/N-ethyl adjacent to an activating group) is 1. The molecule has 1 unspecified atom stereocenters. The Morgan fingerprint density at radius 2 is 2.00 bits per heavy atom. The van der Waals surface area contributed by atoms with Crippen LogP contribution >= 0.6 is 11.3 Å². The number of nitrogens with zero attached hydrogens (tertiary/aromatic N) is 4. The third kappa shape index (κ3) is 5.24. The van der Waals surface area contributed by atoms with Gasteiger partial charge in [-0.25, -0.2) is 4.98 Å². The molecule has 0 saturated carbocycles. The molecule has 156 valence electrons. The molecule has 1 fully saturated rings. The summed E-state index contributed by atoms with van der Waals surface area (Å²) in [6.07, 6.45) is 1.73. The van der Waals surface area contributed by atoms with E-state index in [9.17, 15) is 9.59 Å². The summed E-state index contributed by atoms with van der Waals surface area (Å²) in [6, 6.07) is 7.40. The Bertz CT molecular complexity index is 852. The average Bonchev–Trinajstić information content (AvgIpc) is 3.12. The van der Waals surface area contributed by atoms with Crippen LogP contribution in [0.5, 0.6) is 5.75 Å². The molecule has 29 heavy (non-hydrogen) atoms. The normalized spacial score (nSPS) is 17.1. The monoisotopic (exact) mass is 417 g/mol. The number of carbonyl (C=O) groups is 2. The molecule has 1 aromatic heterocycles. The number of thiazole rings is 1. The Kier molecular flexibility index (Phi) is 6.71. The van der Waals surface area contributed by atoms with E-state index in [2.05, 4.69) is 15.2 Å². The second-order valence-corrected chi connectivity index (χ2v) is 8.42. The second-order valence-electron chi connectivity index (χ2n) is 7.19. The fourth-order valence-corrected chi connectivity index (χ4v) is 4.01. The highest BCUT2D eigenvalue weighted by molar-refractivity contribution is 7.15. The number of ether oxygens (including phenoxy) is 1. The van der Waals surface area contributed by atoms with Crippen LogP contribution in [0.4, 0.5) is 10.8 Å². The van der Waals surface area contributed by atoms with Crippen LogP contribution < -0.4 is 15.0 Å². The van der Waals surface area contributed by atoms with Gasteiger partial charge in [0, 0.05) is 50.5 Å². The van der Waals surface area contributed by atoms with E-state index in [-0.39, 0.29) is 18.4 Å². The molecular weight excluding hydrogens is 390 g/mol. The summed E-state index contributed by atoms with van der Waals surface area (Å²) in [7, 11) is 5.12. The summed E-state index contributed by atoms with van der Waals surface area (Å²) in [6.45, 7) is 3.96. The van der Waals surface area contributed by atoms with Crippen LogP contribution in [0.1, 0.15) is 4.88 Å². The Morgan fingerprint density at radius 3 is 2.59 bits per heavy atom. The summed E-state index contributed by atoms with van der Waals surface area (Å²) >= 11 is 1.44. The quantitative estimate of drug-likeness (QED) is 0.771. The number of anilines is 2. The first-order valence-electron chi connectivity index (χ1n) is 9.44. The molecule has 1 aromatic carbocycles. The van der Waals surface area contributed by atoms with Gasteiger partial charge in [0.25, 0.3) is 0 Å². The molecule has 9 heteroatoms. The van der Waals surface area contributed by atoms with E-state index in [1.54, 1.807) is 32.3 Å². The number of nitrogens with one attached hydrogen (secondary N) is 1. The topological polar surface area (TPSA) is 78.0 Å². The highest BCUT2D eigenvalue weighted by Crippen LogP contribution is 2.23. The van der Waals surface area contributed by atoms with Crippen LogP contribution in [0, 0.1) is 6.92 Å². The Morgan fingerprint density at radius 1 is 1.28 bits per heavy atom. The molecule has 8 nitrogen and oxygen atoms in total. The van der Waals surface area contributed by atoms with E-state index < -0.39 is 6.04 Å². The van der Waals surface area contributed by atoms with E-state index in [1.807, 2.05) is 36.1 Å². The Hall–Kier alpha value is -2.65. The minimum atomic E-state index is -0.398. The molecule has 1 N–H and O–H groups in total. The van der Waals surface area contributed by atoms with Crippen molar-refractivity contribution in [2.45, 2.75) is 13.0 Å². The maximum Gasteiger partial charge on any atom is 0.241 e. The van der Waals surface area contributed by atoms with E-state index in [1.165, 1.54) is 11.3 Å². The van der Waals surface area contributed by atoms with Gasteiger partial charge < -0.3 is 19.9 Å². The molecule has 0 bridgehead atoms. The summed E-state index contributed by atoms with van der Waals surface area (Å²) in [5.41, 5.74) is 1.03. The zero-order valence-corrected chi connectivity index (χ0v) is 18.0. The van der Waals surface area contributed by atoms with Gasteiger partial charge in [0.1, 0.15) is 11.8 Å². The van der Waals surface area contributed by atoms with E-state index in [0.717, 1.165) is 22.9 Å². The first-order chi connectivity index (χ1) is 13.9. The van der Waals surface area contributed by atoms with Crippen molar-refractivity contribution in [3.05, 3.63) is 35.3 Å². The molecule has 2 aromatic rings. The SMILES string of the molecule is COc1ccc(N2CCN(CC(=O)Nc3ncc(C)s3)C(C(=O)N(C)C)C2)cc1. The number of carbonyl (C=O) groups excluding carboxylic acids is 2. The lowest BCUT2D eigenvalue weighted by Gasteiger charge is -2.42. The average molecular weight is 418 g/mol. The number of benzene rings is 1. The van der Waals surface area contributed by atoms with Crippen LogP contribution in [0.15, 0.2) is 30.5 Å². The van der Waals surface area contributed by atoms with E-state index >= 15 is 0 Å². The highest BCUT2D eigenvalue weighted by atomic mass is 32.1. The van der Waals surface area contributed by atoms with Crippen LogP contribution in [0.25, 0.3) is 0 Å². The number of hydrogen-bond donors (Lipinski definition) is 1. The zero-order chi connectivity index (χ0) is 21.0. The second kappa shape index (κ2) is 9.23. The molecule has 1 aliphatic rings. The summed E-state index contributed by atoms with van der Waals surface area (Å²) < 4.78 is 5.22. The number of piperazine rings is 1. The van der Waals surface area contributed by atoms with Crippen molar-refractivity contribution in [1.82, 2.24) is 14.8 Å². The third-order valence-corrected chi connectivity index (χ3v) is 5.70. The van der Waals surface area contributed by atoms with Crippen LogP contribution in [-0.4, -0.2) is 80.0 Å². The summed E-state index contributed by atoms with van der Waals surface area (Å²) in [4.78, 5) is 36.2. The molecule has 1 aliphatic heterocycles. The molecule has 2 heterocycles. The minimum absolute atomic E-state index is 0.0129. The van der Waals surface area contributed by atoms with Gasteiger partial charge in [0.15, 0.2) is 5.13 Å². The lowest BCUT2D eigenvalue weighted by Crippen LogP contribution is -2.60. The third-order valence-electron chi connectivity index (χ3n) is 4.87. The predicted octanol–water partition coefficient (Wildman–Crippen LogP) is 1.68. The molecule has 0 spiro atoms. The Labute approximate surface area is 175 Å². The molecule has 1 saturated heterocycles. The van der Waals surface area contributed by atoms with Gasteiger partial charge >= 0.3 is 0 Å². The summed E-state index contributed by atoms with van der Waals surface area (Å²) in [5, 5.41) is 3.41. The van der Waals surface area contributed by atoms with E-state index in [0.29, 0.717) is 18.2 Å². The van der Waals surface area contributed by atoms with Crippen molar-refractivity contribution < 1.29 is 14.3 Å². The van der Waals surface area contributed by atoms with Gasteiger partial charge in [-0.1, -0.05) is 0 Å². The number of amides is 2. The lowest BCUT2D eigenvalue weighted by atomic mass is 10.1. The molecule has 3 rings (SSSR count). The fourth-order valence-electron chi connectivity index (χ4n) is 3.33. The Balaban J connectivity index is 1.69. The maximum atomic E-state index is 12.8.